The largest absolute Gasteiger partial charge is 0.351 e. The van der Waals surface area contributed by atoms with Crippen LogP contribution in [0.15, 0.2) is 48.5 Å². The fourth-order valence-electron chi connectivity index (χ4n) is 5.14. The van der Waals surface area contributed by atoms with Crippen LogP contribution in [0.5, 0.6) is 0 Å². The Morgan fingerprint density at radius 3 is 2.52 bits per heavy atom. The highest BCUT2D eigenvalue weighted by Crippen LogP contribution is 2.27. The zero-order valence-corrected chi connectivity index (χ0v) is 18.2. The average Bonchev–Trinajstić information content (AvgIpc) is 3.41. The van der Waals surface area contributed by atoms with Crippen LogP contribution < -0.4 is 11.1 Å². The van der Waals surface area contributed by atoms with Crippen molar-refractivity contribution >= 4 is 16.8 Å². The van der Waals surface area contributed by atoms with E-state index in [-0.39, 0.29) is 11.9 Å². The number of carbonyl (C=O) groups is 1. The molecule has 162 valence electrons. The Labute approximate surface area is 184 Å². The van der Waals surface area contributed by atoms with Gasteiger partial charge in [-0.25, -0.2) is 0 Å². The Kier molecular flexibility index (Phi) is 5.55. The number of aromatic amines is 1. The van der Waals surface area contributed by atoms with Gasteiger partial charge in [0.1, 0.15) is 5.69 Å². The summed E-state index contributed by atoms with van der Waals surface area (Å²) in [6.45, 7) is 4.11. The van der Waals surface area contributed by atoms with Crippen molar-refractivity contribution in [2.45, 2.75) is 57.2 Å². The Morgan fingerprint density at radius 1 is 1.00 bits per heavy atom. The van der Waals surface area contributed by atoms with Crippen LogP contribution in [0.4, 0.5) is 0 Å². The van der Waals surface area contributed by atoms with Gasteiger partial charge in [-0.15, -0.1) is 0 Å². The van der Waals surface area contributed by atoms with E-state index in [1.807, 2.05) is 6.07 Å². The molecule has 1 saturated heterocycles. The number of nitrogens with zero attached hydrogens (tertiary/aromatic N) is 1. The molecule has 5 rings (SSSR count). The van der Waals surface area contributed by atoms with Crippen molar-refractivity contribution in [3.63, 3.8) is 0 Å². The van der Waals surface area contributed by atoms with E-state index in [0.717, 1.165) is 48.8 Å². The first kappa shape index (κ1) is 20.3. The molecule has 1 atom stereocenters. The molecule has 1 amide bonds. The molecule has 0 radical (unpaired) electrons. The van der Waals surface area contributed by atoms with Gasteiger partial charge in [-0.3, -0.25) is 9.69 Å². The van der Waals surface area contributed by atoms with Crippen molar-refractivity contribution < 1.29 is 4.79 Å². The van der Waals surface area contributed by atoms with E-state index in [9.17, 15) is 4.79 Å². The Bertz CT molecular complexity index is 1060. The zero-order valence-electron chi connectivity index (χ0n) is 18.2. The van der Waals surface area contributed by atoms with Crippen LogP contribution >= 0.6 is 0 Å². The molecule has 1 aromatic heterocycles. The minimum Gasteiger partial charge on any atom is -0.351 e. The number of fused-ring (bicyclic) bond motifs is 1. The molecule has 2 heterocycles. The van der Waals surface area contributed by atoms with Gasteiger partial charge in [-0.05, 0) is 62.3 Å². The third kappa shape index (κ3) is 4.39. The molecule has 0 unspecified atom stereocenters. The fraction of sp³-hybridized carbons (Fsp3) is 0.423. The van der Waals surface area contributed by atoms with Crippen molar-refractivity contribution in [1.82, 2.24) is 15.2 Å². The lowest BCUT2D eigenvalue weighted by atomic mass is 9.91. The maximum Gasteiger partial charge on any atom is 0.267 e. The predicted octanol–water partition coefficient (Wildman–Crippen LogP) is 4.22. The smallest absolute Gasteiger partial charge is 0.267 e. The lowest BCUT2D eigenvalue weighted by molar-refractivity contribution is 0.0930. The maximum atomic E-state index is 12.9. The van der Waals surface area contributed by atoms with Gasteiger partial charge in [0.15, 0.2) is 0 Å². The molecule has 3 aromatic rings. The summed E-state index contributed by atoms with van der Waals surface area (Å²) in [5.41, 5.74) is 11.3. The molecule has 31 heavy (non-hydrogen) atoms. The minimum absolute atomic E-state index is 0.00870. The highest BCUT2D eigenvalue weighted by molar-refractivity contribution is 5.99. The molecule has 2 aromatic carbocycles. The number of likely N-dealkylation sites (tertiary alicyclic amines) is 1. The normalized spacial score (nSPS) is 24.5. The standard InChI is InChI=1S/C26H32N4O/c1-17-2-4-18(5-3-17)19-6-7-20-15-25(29-24(20)14-19)26(31)28-22-12-13-30(16-22)23-10-8-21(27)9-11-23/h2-7,14-15,21-23,29H,8-13,16,27H2,1H3,(H,28,31)/t21?,22-,23?/m0/s1. The van der Waals surface area contributed by atoms with Gasteiger partial charge in [0, 0.05) is 42.1 Å². The molecule has 5 heteroatoms. The highest BCUT2D eigenvalue weighted by atomic mass is 16.2. The van der Waals surface area contributed by atoms with Gasteiger partial charge < -0.3 is 16.0 Å². The number of nitrogens with two attached hydrogens (primary N) is 1. The maximum absolute atomic E-state index is 12.9. The second kappa shape index (κ2) is 8.48. The number of nitrogens with one attached hydrogen (secondary N) is 2. The number of hydrogen-bond donors (Lipinski definition) is 3. The van der Waals surface area contributed by atoms with E-state index in [4.69, 9.17) is 5.73 Å². The zero-order chi connectivity index (χ0) is 21.4. The van der Waals surface area contributed by atoms with Crippen molar-refractivity contribution in [2.24, 2.45) is 5.73 Å². The van der Waals surface area contributed by atoms with Gasteiger partial charge in [0.05, 0.1) is 0 Å². The summed E-state index contributed by atoms with van der Waals surface area (Å²) in [4.78, 5) is 18.8. The predicted molar refractivity (Wildman–Crippen MR) is 126 cm³/mol. The molecule has 2 aliphatic rings. The Balaban J connectivity index is 1.24. The number of amides is 1. The molecule has 0 bridgehead atoms. The van der Waals surface area contributed by atoms with E-state index >= 15 is 0 Å². The number of aromatic nitrogens is 1. The monoisotopic (exact) mass is 416 g/mol. The summed E-state index contributed by atoms with van der Waals surface area (Å²) in [5, 5.41) is 4.31. The van der Waals surface area contributed by atoms with Crippen LogP contribution in [0.1, 0.15) is 48.2 Å². The molecular weight excluding hydrogens is 384 g/mol. The van der Waals surface area contributed by atoms with Crippen LogP contribution in [0.25, 0.3) is 22.0 Å². The fourth-order valence-corrected chi connectivity index (χ4v) is 5.14. The van der Waals surface area contributed by atoms with Crippen LogP contribution in [0.3, 0.4) is 0 Å². The molecule has 1 saturated carbocycles. The molecule has 1 aliphatic carbocycles. The van der Waals surface area contributed by atoms with Crippen LogP contribution in [0.2, 0.25) is 0 Å². The summed E-state index contributed by atoms with van der Waals surface area (Å²) in [5.74, 6) is -0.00870. The molecular formula is C26H32N4O. The third-order valence-electron chi connectivity index (χ3n) is 7.06. The first-order chi connectivity index (χ1) is 15.0. The first-order valence-electron chi connectivity index (χ1n) is 11.6. The van der Waals surface area contributed by atoms with Crippen LogP contribution in [0, 0.1) is 6.92 Å². The number of hydrogen-bond acceptors (Lipinski definition) is 3. The second-order valence-corrected chi connectivity index (χ2v) is 9.37. The van der Waals surface area contributed by atoms with E-state index < -0.39 is 0 Å². The number of carbonyl (C=O) groups excluding carboxylic acids is 1. The second-order valence-electron chi connectivity index (χ2n) is 9.37. The Hall–Kier alpha value is -2.63. The summed E-state index contributed by atoms with van der Waals surface area (Å²) in [6.07, 6.45) is 5.64. The van der Waals surface area contributed by atoms with Gasteiger partial charge in [-0.1, -0.05) is 42.0 Å². The summed E-state index contributed by atoms with van der Waals surface area (Å²) < 4.78 is 0. The number of aryl methyl sites for hydroxylation is 1. The number of rotatable bonds is 4. The van der Waals surface area contributed by atoms with Crippen molar-refractivity contribution in [1.29, 1.82) is 0 Å². The summed E-state index contributed by atoms with van der Waals surface area (Å²) in [6, 6.07) is 18.0. The van der Waals surface area contributed by atoms with Gasteiger partial charge in [0.25, 0.3) is 5.91 Å². The van der Waals surface area contributed by atoms with E-state index in [0.29, 0.717) is 17.8 Å². The van der Waals surface area contributed by atoms with Gasteiger partial charge in [0.2, 0.25) is 0 Å². The lowest BCUT2D eigenvalue weighted by Gasteiger charge is -2.33. The van der Waals surface area contributed by atoms with Crippen molar-refractivity contribution in [3.05, 3.63) is 59.8 Å². The van der Waals surface area contributed by atoms with E-state index in [1.54, 1.807) is 0 Å². The molecule has 2 fully saturated rings. The average molecular weight is 417 g/mol. The third-order valence-corrected chi connectivity index (χ3v) is 7.06. The highest BCUT2D eigenvalue weighted by Gasteiger charge is 2.31. The van der Waals surface area contributed by atoms with Gasteiger partial charge >= 0.3 is 0 Å². The summed E-state index contributed by atoms with van der Waals surface area (Å²) >= 11 is 0. The van der Waals surface area contributed by atoms with Crippen LogP contribution in [-0.4, -0.2) is 47.0 Å². The molecule has 1 aliphatic heterocycles. The van der Waals surface area contributed by atoms with Crippen molar-refractivity contribution in [2.75, 3.05) is 13.1 Å². The topological polar surface area (TPSA) is 74.2 Å². The van der Waals surface area contributed by atoms with E-state index in [2.05, 4.69) is 64.6 Å². The number of H-pyrrole nitrogens is 1. The minimum atomic E-state index is -0.00870. The lowest BCUT2D eigenvalue weighted by Crippen LogP contribution is -2.42. The Morgan fingerprint density at radius 2 is 1.74 bits per heavy atom. The molecule has 0 spiro atoms. The van der Waals surface area contributed by atoms with Gasteiger partial charge in [-0.2, -0.15) is 0 Å². The van der Waals surface area contributed by atoms with Crippen molar-refractivity contribution in [3.8, 4) is 11.1 Å². The molecule has 4 N–H and O–H groups in total. The summed E-state index contributed by atoms with van der Waals surface area (Å²) in [7, 11) is 0. The quantitative estimate of drug-likeness (QED) is 0.596. The number of benzene rings is 2. The molecule has 5 nitrogen and oxygen atoms in total. The van der Waals surface area contributed by atoms with Crippen LogP contribution in [-0.2, 0) is 0 Å². The SMILES string of the molecule is Cc1ccc(-c2ccc3cc(C(=O)N[C@H]4CCN(C5CCC(N)CC5)C4)[nH]c3c2)cc1. The first-order valence-corrected chi connectivity index (χ1v) is 11.6. The van der Waals surface area contributed by atoms with E-state index in [1.165, 1.54) is 24.0 Å².